The summed E-state index contributed by atoms with van der Waals surface area (Å²) in [5, 5.41) is 11.3. The molecular weight excluding hydrogens is 279 g/mol. The molecule has 0 aliphatic carbocycles. The summed E-state index contributed by atoms with van der Waals surface area (Å²) in [4.78, 5) is 11.7. The number of rotatable bonds is 5. The monoisotopic (exact) mass is 293 g/mol. The predicted octanol–water partition coefficient (Wildman–Crippen LogP) is 2.80. The van der Waals surface area contributed by atoms with E-state index < -0.39 is 5.51 Å². The SMILES string of the molecule is CC(CCO)NC(=O)c1ccc(SC(F)(F)F)cc1. The van der Waals surface area contributed by atoms with Gasteiger partial charge in [-0.05, 0) is 49.4 Å². The van der Waals surface area contributed by atoms with E-state index in [0.717, 1.165) is 0 Å². The average molecular weight is 293 g/mol. The molecule has 0 aromatic heterocycles. The summed E-state index contributed by atoms with van der Waals surface area (Å²) < 4.78 is 36.4. The van der Waals surface area contributed by atoms with Crippen LogP contribution in [-0.2, 0) is 0 Å². The third-order valence-corrected chi connectivity index (χ3v) is 3.03. The van der Waals surface area contributed by atoms with Crippen molar-refractivity contribution in [1.29, 1.82) is 0 Å². The Morgan fingerprint density at radius 2 is 1.95 bits per heavy atom. The number of thioether (sulfide) groups is 1. The van der Waals surface area contributed by atoms with Gasteiger partial charge in [-0.1, -0.05) is 0 Å². The van der Waals surface area contributed by atoms with E-state index in [1.807, 2.05) is 0 Å². The van der Waals surface area contributed by atoms with E-state index in [1.165, 1.54) is 24.3 Å². The maximum absolute atomic E-state index is 12.1. The summed E-state index contributed by atoms with van der Waals surface area (Å²) in [6.07, 6.45) is 0.424. The molecule has 0 bridgehead atoms. The standard InChI is InChI=1S/C12H14F3NO2S/c1-8(6-7-17)16-11(18)9-2-4-10(5-3-9)19-12(13,14)15/h2-5,8,17H,6-7H2,1H3,(H,16,18). The first-order valence-electron chi connectivity index (χ1n) is 5.59. The molecule has 1 amide bonds. The predicted molar refractivity (Wildman–Crippen MR) is 67.0 cm³/mol. The van der Waals surface area contributed by atoms with Gasteiger partial charge in [0, 0.05) is 23.1 Å². The number of halogens is 3. The smallest absolute Gasteiger partial charge is 0.396 e. The number of amides is 1. The van der Waals surface area contributed by atoms with Crippen LogP contribution in [0.15, 0.2) is 29.2 Å². The molecule has 0 aliphatic heterocycles. The molecular formula is C12H14F3NO2S. The van der Waals surface area contributed by atoms with Crippen molar-refractivity contribution in [2.24, 2.45) is 0 Å². The van der Waals surface area contributed by atoms with E-state index in [9.17, 15) is 18.0 Å². The molecule has 106 valence electrons. The Bertz CT molecular complexity index is 420. The maximum Gasteiger partial charge on any atom is 0.446 e. The number of carbonyl (C=O) groups excluding carboxylic acids is 1. The zero-order chi connectivity index (χ0) is 14.5. The van der Waals surface area contributed by atoms with E-state index in [-0.39, 0.29) is 40.8 Å². The Labute approximate surface area is 113 Å². The van der Waals surface area contributed by atoms with Gasteiger partial charge in [-0.25, -0.2) is 0 Å². The summed E-state index contributed by atoms with van der Waals surface area (Å²) in [7, 11) is 0. The fourth-order valence-corrected chi connectivity index (χ4v) is 1.92. The number of benzene rings is 1. The molecule has 0 saturated carbocycles. The van der Waals surface area contributed by atoms with Crippen LogP contribution in [0.25, 0.3) is 0 Å². The first-order valence-corrected chi connectivity index (χ1v) is 6.41. The number of nitrogens with one attached hydrogen (secondary N) is 1. The first-order chi connectivity index (χ1) is 8.81. The highest BCUT2D eigenvalue weighted by molar-refractivity contribution is 8.00. The van der Waals surface area contributed by atoms with Crippen LogP contribution in [0.2, 0.25) is 0 Å². The van der Waals surface area contributed by atoms with Gasteiger partial charge in [0.1, 0.15) is 0 Å². The molecule has 0 aliphatic rings. The molecule has 1 aromatic rings. The third-order valence-electron chi connectivity index (χ3n) is 2.29. The molecule has 0 saturated heterocycles. The Morgan fingerprint density at radius 1 is 1.37 bits per heavy atom. The molecule has 19 heavy (non-hydrogen) atoms. The van der Waals surface area contributed by atoms with Crippen molar-refractivity contribution in [2.45, 2.75) is 29.8 Å². The lowest BCUT2D eigenvalue weighted by molar-refractivity contribution is -0.0328. The molecule has 1 unspecified atom stereocenters. The van der Waals surface area contributed by atoms with Gasteiger partial charge in [-0.3, -0.25) is 4.79 Å². The molecule has 0 spiro atoms. The summed E-state index contributed by atoms with van der Waals surface area (Å²) in [5.41, 5.74) is -4.05. The van der Waals surface area contributed by atoms with Crippen molar-refractivity contribution in [1.82, 2.24) is 5.32 Å². The minimum absolute atomic E-state index is 0.0347. The lowest BCUT2D eigenvalue weighted by Crippen LogP contribution is -2.33. The number of aliphatic hydroxyl groups excluding tert-OH is 1. The Balaban J connectivity index is 2.63. The fraction of sp³-hybridized carbons (Fsp3) is 0.417. The maximum atomic E-state index is 12.1. The van der Waals surface area contributed by atoms with Crippen LogP contribution in [0.3, 0.4) is 0 Å². The van der Waals surface area contributed by atoms with Crippen LogP contribution in [0.5, 0.6) is 0 Å². The summed E-state index contributed by atoms with van der Waals surface area (Å²) in [5.74, 6) is -0.371. The molecule has 0 radical (unpaired) electrons. The Morgan fingerprint density at radius 3 is 2.42 bits per heavy atom. The third kappa shape index (κ3) is 5.98. The highest BCUT2D eigenvalue weighted by Gasteiger charge is 2.29. The van der Waals surface area contributed by atoms with Crippen molar-refractivity contribution in [2.75, 3.05) is 6.61 Å². The van der Waals surface area contributed by atoms with E-state index in [2.05, 4.69) is 5.32 Å². The minimum atomic E-state index is -4.33. The van der Waals surface area contributed by atoms with Crippen molar-refractivity contribution >= 4 is 17.7 Å². The van der Waals surface area contributed by atoms with Crippen molar-refractivity contribution in [3.8, 4) is 0 Å². The summed E-state index contributed by atoms with van der Waals surface area (Å²) in [6, 6.07) is 5.00. The van der Waals surface area contributed by atoms with Crippen LogP contribution in [0.1, 0.15) is 23.7 Å². The summed E-state index contributed by atoms with van der Waals surface area (Å²) in [6.45, 7) is 1.70. The van der Waals surface area contributed by atoms with Crippen molar-refractivity contribution in [3.05, 3.63) is 29.8 Å². The Hall–Kier alpha value is -1.21. The largest absolute Gasteiger partial charge is 0.446 e. The molecule has 7 heteroatoms. The lowest BCUT2D eigenvalue weighted by atomic mass is 10.2. The van der Waals surface area contributed by atoms with E-state index in [1.54, 1.807) is 6.92 Å². The Kier molecular flexibility index (Phi) is 5.68. The van der Waals surface area contributed by atoms with Crippen LogP contribution < -0.4 is 5.32 Å². The zero-order valence-electron chi connectivity index (χ0n) is 10.2. The number of carbonyl (C=O) groups is 1. The number of hydrogen-bond acceptors (Lipinski definition) is 3. The normalized spacial score (nSPS) is 13.1. The van der Waals surface area contributed by atoms with Gasteiger partial charge < -0.3 is 10.4 Å². The highest BCUT2D eigenvalue weighted by Crippen LogP contribution is 2.36. The average Bonchev–Trinajstić information content (AvgIpc) is 2.27. The molecule has 0 fully saturated rings. The van der Waals surface area contributed by atoms with Gasteiger partial charge in [-0.2, -0.15) is 13.2 Å². The van der Waals surface area contributed by atoms with Crippen molar-refractivity contribution < 1.29 is 23.1 Å². The molecule has 0 heterocycles. The molecule has 1 rings (SSSR count). The number of hydrogen-bond donors (Lipinski definition) is 2. The minimum Gasteiger partial charge on any atom is -0.396 e. The van der Waals surface area contributed by atoms with Crippen LogP contribution in [-0.4, -0.2) is 29.2 Å². The molecule has 3 nitrogen and oxygen atoms in total. The second-order valence-electron chi connectivity index (χ2n) is 3.96. The van der Waals surface area contributed by atoms with E-state index in [0.29, 0.717) is 6.42 Å². The second kappa shape index (κ2) is 6.81. The highest BCUT2D eigenvalue weighted by atomic mass is 32.2. The van der Waals surface area contributed by atoms with E-state index in [4.69, 9.17) is 5.11 Å². The van der Waals surface area contributed by atoms with Crippen molar-refractivity contribution in [3.63, 3.8) is 0 Å². The van der Waals surface area contributed by atoms with Crippen LogP contribution in [0, 0.1) is 0 Å². The molecule has 2 N–H and O–H groups in total. The number of alkyl halides is 3. The van der Waals surface area contributed by atoms with Gasteiger partial charge in [0.2, 0.25) is 0 Å². The van der Waals surface area contributed by atoms with Gasteiger partial charge in [0.05, 0.1) is 0 Å². The van der Waals surface area contributed by atoms with E-state index >= 15 is 0 Å². The number of aliphatic hydroxyl groups is 1. The van der Waals surface area contributed by atoms with Gasteiger partial charge >= 0.3 is 5.51 Å². The molecule has 1 atom stereocenters. The second-order valence-corrected chi connectivity index (χ2v) is 5.10. The fourth-order valence-electron chi connectivity index (χ4n) is 1.38. The zero-order valence-corrected chi connectivity index (χ0v) is 11.0. The van der Waals surface area contributed by atoms with Gasteiger partial charge in [0.25, 0.3) is 5.91 Å². The van der Waals surface area contributed by atoms with Gasteiger partial charge in [-0.15, -0.1) is 0 Å². The van der Waals surface area contributed by atoms with Crippen LogP contribution >= 0.6 is 11.8 Å². The lowest BCUT2D eigenvalue weighted by Gasteiger charge is -2.12. The quantitative estimate of drug-likeness (QED) is 0.821. The topological polar surface area (TPSA) is 49.3 Å². The molecule has 1 aromatic carbocycles. The van der Waals surface area contributed by atoms with Gasteiger partial charge in [0.15, 0.2) is 0 Å². The first kappa shape index (κ1) is 15.8. The summed E-state index contributed by atoms with van der Waals surface area (Å²) >= 11 is -0.222. The van der Waals surface area contributed by atoms with Crippen LogP contribution in [0.4, 0.5) is 13.2 Å².